The van der Waals surface area contributed by atoms with Gasteiger partial charge in [-0.3, -0.25) is 4.79 Å². The van der Waals surface area contributed by atoms with Gasteiger partial charge in [-0.2, -0.15) is 13.2 Å². The molecule has 0 atom stereocenters. The number of fused-ring (bicyclic) bond motifs is 1. The van der Waals surface area contributed by atoms with Crippen molar-refractivity contribution in [1.82, 2.24) is 19.9 Å². The smallest absolute Gasteiger partial charge is 0.339 e. The Labute approximate surface area is 185 Å². The van der Waals surface area contributed by atoms with Gasteiger partial charge in [0.05, 0.1) is 31.9 Å². The van der Waals surface area contributed by atoms with Gasteiger partial charge >= 0.3 is 6.18 Å². The van der Waals surface area contributed by atoms with E-state index in [4.69, 9.17) is 0 Å². The van der Waals surface area contributed by atoms with E-state index in [9.17, 15) is 26.4 Å². The minimum absolute atomic E-state index is 0.158. The summed E-state index contributed by atoms with van der Waals surface area (Å²) in [5, 5.41) is 0. The lowest BCUT2D eigenvalue weighted by molar-refractivity contribution is -0.138. The summed E-state index contributed by atoms with van der Waals surface area (Å²) < 4.78 is 64.0. The number of thiazole rings is 1. The van der Waals surface area contributed by atoms with Crippen molar-refractivity contribution in [3.63, 3.8) is 0 Å². The molecule has 1 aliphatic heterocycles. The summed E-state index contributed by atoms with van der Waals surface area (Å²) in [5.74, 6) is -0.450. The van der Waals surface area contributed by atoms with Gasteiger partial charge in [0.2, 0.25) is 11.9 Å². The van der Waals surface area contributed by atoms with E-state index < -0.39 is 21.6 Å². The fourth-order valence-corrected chi connectivity index (χ4v) is 5.94. The molecule has 3 heterocycles. The van der Waals surface area contributed by atoms with E-state index in [1.165, 1.54) is 17.4 Å². The minimum atomic E-state index is -4.50. The first-order chi connectivity index (χ1) is 15.1. The van der Waals surface area contributed by atoms with Crippen LogP contribution in [0.25, 0.3) is 10.2 Å². The molecule has 0 spiro atoms. The third kappa shape index (κ3) is 4.67. The number of hydrogen-bond acceptors (Lipinski definition) is 8. The van der Waals surface area contributed by atoms with Crippen LogP contribution in [0.15, 0.2) is 41.0 Å². The van der Waals surface area contributed by atoms with Crippen molar-refractivity contribution < 1.29 is 26.4 Å². The summed E-state index contributed by atoms with van der Waals surface area (Å²) in [4.78, 5) is 27.6. The number of nitrogens with zero attached hydrogens (tertiary/aromatic N) is 5. The summed E-state index contributed by atoms with van der Waals surface area (Å²) >= 11 is 1.24. The first-order valence-corrected chi connectivity index (χ1v) is 12.2. The van der Waals surface area contributed by atoms with E-state index in [-0.39, 0.29) is 28.9 Å². The summed E-state index contributed by atoms with van der Waals surface area (Å²) in [6.07, 6.45) is -3.20. The Morgan fingerprint density at radius 1 is 1.06 bits per heavy atom. The topological polar surface area (TPSA) is 96.4 Å². The van der Waals surface area contributed by atoms with Crippen molar-refractivity contribution in [2.45, 2.75) is 17.5 Å². The fraction of sp³-hybridized carbons (Fsp3) is 0.368. The predicted molar refractivity (Wildman–Crippen MR) is 112 cm³/mol. The molecule has 0 bridgehead atoms. The number of sulfone groups is 1. The molecule has 1 aromatic carbocycles. The normalized spacial score (nSPS) is 15.3. The van der Waals surface area contributed by atoms with Crippen LogP contribution in [-0.4, -0.2) is 66.1 Å². The van der Waals surface area contributed by atoms with E-state index in [1.807, 2.05) is 0 Å². The molecule has 4 rings (SSSR count). The maximum absolute atomic E-state index is 12.8. The first-order valence-electron chi connectivity index (χ1n) is 9.62. The molecule has 0 radical (unpaired) electrons. The maximum Gasteiger partial charge on any atom is 0.419 e. The molecule has 0 unspecified atom stereocenters. The molecular weight excluding hydrogens is 467 g/mol. The summed E-state index contributed by atoms with van der Waals surface area (Å²) in [6, 6.07) is 4.87. The highest BCUT2D eigenvalue weighted by Crippen LogP contribution is 2.29. The number of halogens is 3. The molecular formula is C19H18F3N5O3S2. The molecule has 1 saturated heterocycles. The Kier molecular flexibility index (Phi) is 6.03. The molecule has 1 aliphatic rings. The van der Waals surface area contributed by atoms with Gasteiger partial charge in [0.25, 0.3) is 0 Å². The molecule has 13 heteroatoms. The predicted octanol–water partition coefficient (Wildman–Crippen LogP) is 2.62. The lowest BCUT2D eigenvalue weighted by Crippen LogP contribution is -2.49. The van der Waals surface area contributed by atoms with Crippen LogP contribution in [0.1, 0.15) is 12.0 Å². The molecule has 3 aromatic rings. The monoisotopic (exact) mass is 485 g/mol. The van der Waals surface area contributed by atoms with Crippen molar-refractivity contribution in [3.05, 3.63) is 41.7 Å². The molecule has 8 nitrogen and oxygen atoms in total. The van der Waals surface area contributed by atoms with Crippen LogP contribution >= 0.6 is 11.3 Å². The van der Waals surface area contributed by atoms with Crippen molar-refractivity contribution in [2.75, 3.05) is 36.8 Å². The standard InChI is InChI=1S/C19H18F3N5O3S2/c20-19(21,22)13-10-23-18(24-11-13)27-7-5-26(6-8-27)16(28)4-9-32(29,30)15-3-1-2-14-17(15)31-12-25-14/h1-3,10-12H,4-9H2. The zero-order valence-electron chi connectivity index (χ0n) is 16.6. The quantitative estimate of drug-likeness (QED) is 0.548. The molecule has 0 aliphatic carbocycles. The van der Waals surface area contributed by atoms with E-state index in [0.717, 1.165) is 12.4 Å². The third-order valence-electron chi connectivity index (χ3n) is 5.12. The second-order valence-electron chi connectivity index (χ2n) is 7.16. The van der Waals surface area contributed by atoms with Crippen molar-refractivity contribution in [3.8, 4) is 0 Å². The Bertz CT molecular complexity index is 1220. The molecule has 170 valence electrons. The molecule has 32 heavy (non-hydrogen) atoms. The summed E-state index contributed by atoms with van der Waals surface area (Å²) in [6.45, 7) is 1.27. The lowest BCUT2D eigenvalue weighted by atomic mass is 10.3. The first kappa shape index (κ1) is 22.4. The van der Waals surface area contributed by atoms with Gasteiger partial charge in [0.1, 0.15) is 0 Å². The number of hydrogen-bond donors (Lipinski definition) is 0. The number of benzene rings is 1. The number of carbonyl (C=O) groups excluding carboxylic acids is 1. The largest absolute Gasteiger partial charge is 0.419 e. The minimum Gasteiger partial charge on any atom is -0.339 e. The van der Waals surface area contributed by atoms with E-state index in [0.29, 0.717) is 36.4 Å². The van der Waals surface area contributed by atoms with Gasteiger partial charge in [-0.25, -0.2) is 23.4 Å². The highest BCUT2D eigenvalue weighted by molar-refractivity contribution is 7.91. The zero-order valence-corrected chi connectivity index (χ0v) is 18.3. The Hall–Kier alpha value is -2.80. The van der Waals surface area contributed by atoms with Gasteiger partial charge < -0.3 is 9.80 Å². The van der Waals surface area contributed by atoms with Gasteiger partial charge in [-0.05, 0) is 12.1 Å². The number of carbonyl (C=O) groups is 1. The number of alkyl halides is 3. The van der Waals surface area contributed by atoms with Crippen molar-refractivity contribution in [1.29, 1.82) is 0 Å². The van der Waals surface area contributed by atoms with Crippen LogP contribution in [0.2, 0.25) is 0 Å². The zero-order chi connectivity index (χ0) is 22.9. The van der Waals surface area contributed by atoms with Crippen LogP contribution in [0.5, 0.6) is 0 Å². The number of aromatic nitrogens is 3. The molecule has 0 N–H and O–H groups in total. The van der Waals surface area contributed by atoms with Gasteiger partial charge in [0, 0.05) is 45.0 Å². The summed E-state index contributed by atoms with van der Waals surface area (Å²) in [7, 11) is -3.66. The number of anilines is 1. The average Bonchev–Trinajstić information content (AvgIpc) is 3.26. The number of piperazine rings is 1. The van der Waals surface area contributed by atoms with Crippen molar-refractivity contribution >= 4 is 43.2 Å². The SMILES string of the molecule is O=C(CCS(=O)(=O)c1cccc2ncsc12)N1CCN(c2ncc(C(F)(F)F)cn2)CC1. The van der Waals surface area contributed by atoms with Gasteiger partial charge in [-0.15, -0.1) is 11.3 Å². The number of rotatable bonds is 5. The van der Waals surface area contributed by atoms with Crippen LogP contribution in [0, 0.1) is 0 Å². The molecule has 2 aromatic heterocycles. The Balaban J connectivity index is 1.33. The third-order valence-corrected chi connectivity index (χ3v) is 7.88. The summed E-state index contributed by atoms with van der Waals surface area (Å²) in [5.41, 5.74) is 1.25. The second-order valence-corrected chi connectivity index (χ2v) is 10.1. The lowest BCUT2D eigenvalue weighted by Gasteiger charge is -2.34. The second kappa shape index (κ2) is 8.62. The van der Waals surface area contributed by atoms with Crippen LogP contribution in [0.4, 0.5) is 19.1 Å². The van der Waals surface area contributed by atoms with Crippen LogP contribution in [0.3, 0.4) is 0 Å². The maximum atomic E-state index is 12.8. The van der Waals surface area contributed by atoms with Crippen molar-refractivity contribution in [2.24, 2.45) is 0 Å². The Morgan fingerprint density at radius 3 is 2.41 bits per heavy atom. The molecule has 1 fully saturated rings. The van der Waals surface area contributed by atoms with Gasteiger partial charge in [-0.1, -0.05) is 6.07 Å². The van der Waals surface area contributed by atoms with Gasteiger partial charge in [0.15, 0.2) is 9.84 Å². The van der Waals surface area contributed by atoms with E-state index >= 15 is 0 Å². The van der Waals surface area contributed by atoms with E-state index in [2.05, 4.69) is 15.0 Å². The average molecular weight is 486 g/mol. The highest BCUT2D eigenvalue weighted by atomic mass is 32.2. The molecule has 1 amide bonds. The van der Waals surface area contributed by atoms with Crippen LogP contribution < -0.4 is 4.90 Å². The molecule has 0 saturated carbocycles. The Morgan fingerprint density at radius 2 is 1.75 bits per heavy atom. The van der Waals surface area contributed by atoms with Crippen LogP contribution in [-0.2, 0) is 20.8 Å². The highest BCUT2D eigenvalue weighted by Gasteiger charge is 2.32. The van der Waals surface area contributed by atoms with E-state index in [1.54, 1.807) is 27.4 Å². The fourth-order valence-electron chi connectivity index (χ4n) is 3.38. The number of amides is 1.